The summed E-state index contributed by atoms with van der Waals surface area (Å²) in [5.41, 5.74) is 7.83. The van der Waals surface area contributed by atoms with Crippen molar-refractivity contribution in [3.8, 4) is 16.9 Å². The van der Waals surface area contributed by atoms with E-state index in [1.165, 1.54) is 12.3 Å². The summed E-state index contributed by atoms with van der Waals surface area (Å²) in [6.45, 7) is 11.2. The first-order valence-electron chi connectivity index (χ1n) is 14.4. The van der Waals surface area contributed by atoms with Crippen LogP contribution in [-0.4, -0.2) is 19.7 Å². The van der Waals surface area contributed by atoms with Gasteiger partial charge in [0.1, 0.15) is 5.82 Å². The van der Waals surface area contributed by atoms with Crippen LogP contribution in [0.5, 0.6) is 0 Å². The predicted molar refractivity (Wildman–Crippen MR) is 158 cm³/mol. The van der Waals surface area contributed by atoms with Crippen LogP contribution >= 0.6 is 0 Å². The fraction of sp³-hybridized carbons (Fsp3) is 0.324. The van der Waals surface area contributed by atoms with E-state index in [-0.39, 0.29) is 5.82 Å². The quantitative estimate of drug-likeness (QED) is 0.206. The zero-order valence-corrected chi connectivity index (χ0v) is 24.5. The van der Waals surface area contributed by atoms with Crippen molar-refractivity contribution >= 4 is 10.9 Å². The van der Waals surface area contributed by atoms with Gasteiger partial charge < -0.3 is 4.98 Å². The van der Waals surface area contributed by atoms with E-state index in [0.29, 0.717) is 29.6 Å². The second-order valence-electron chi connectivity index (χ2n) is 11.6. The van der Waals surface area contributed by atoms with E-state index in [0.717, 1.165) is 63.8 Å². The van der Waals surface area contributed by atoms with Crippen molar-refractivity contribution in [2.24, 2.45) is 0 Å². The van der Waals surface area contributed by atoms with Crippen LogP contribution in [0.3, 0.4) is 0 Å². The second-order valence-corrected chi connectivity index (χ2v) is 11.6. The lowest BCUT2D eigenvalue weighted by Crippen LogP contribution is -2.36. The Balaban J connectivity index is 1.54. The molecule has 0 bridgehead atoms. The molecule has 1 N–H and O–H groups in total. The third-order valence-electron chi connectivity index (χ3n) is 8.82. The highest BCUT2D eigenvalue weighted by atomic mass is 19.4. The van der Waals surface area contributed by atoms with Crippen LogP contribution in [0.2, 0.25) is 0 Å². The highest BCUT2D eigenvalue weighted by Crippen LogP contribution is 2.46. The number of nitrogens with zero attached hydrogens (tertiary/aromatic N) is 3. The Labute approximate surface area is 243 Å². The minimum Gasteiger partial charge on any atom is -0.359 e. The van der Waals surface area contributed by atoms with E-state index in [4.69, 9.17) is 5.10 Å². The van der Waals surface area contributed by atoms with Gasteiger partial charge >= 0.3 is 6.18 Å². The van der Waals surface area contributed by atoms with Crippen molar-refractivity contribution < 1.29 is 17.6 Å². The van der Waals surface area contributed by atoms with E-state index in [9.17, 15) is 13.2 Å². The molecule has 0 saturated heterocycles. The molecule has 6 rings (SSSR count). The molecule has 5 aromatic rings. The number of halogens is 4. The number of fused-ring (bicyclic) bond motifs is 2. The average Bonchev–Trinajstić information content (AvgIpc) is 3.59. The summed E-state index contributed by atoms with van der Waals surface area (Å²) < 4.78 is 57.3. The summed E-state index contributed by atoms with van der Waals surface area (Å²) in [6, 6.07) is 16.0. The fourth-order valence-electron chi connectivity index (χ4n) is 6.40. The first-order chi connectivity index (χ1) is 20.0. The normalized spacial score (nSPS) is 15.1. The highest BCUT2D eigenvalue weighted by molar-refractivity contribution is 5.96. The monoisotopic (exact) mass is 574 g/mol. The number of para-hydroxylation sites is 1. The number of alkyl halides is 3. The van der Waals surface area contributed by atoms with Gasteiger partial charge in [0.05, 0.1) is 28.2 Å². The molecule has 0 spiro atoms. The minimum atomic E-state index is -4.38. The van der Waals surface area contributed by atoms with Crippen LogP contribution in [0.4, 0.5) is 17.6 Å². The number of hydrogen-bond donors (Lipinski definition) is 1. The number of nitrogens with one attached hydrogen (secondary N) is 1. The molecule has 0 unspecified atom stereocenters. The molecule has 3 aromatic carbocycles. The Morgan fingerprint density at radius 3 is 2.29 bits per heavy atom. The number of H-pyrrole nitrogens is 1. The van der Waals surface area contributed by atoms with Gasteiger partial charge in [0.25, 0.3) is 0 Å². The van der Waals surface area contributed by atoms with Crippen LogP contribution in [0.25, 0.3) is 27.8 Å². The van der Waals surface area contributed by atoms with E-state index in [1.54, 1.807) is 13.0 Å². The van der Waals surface area contributed by atoms with Gasteiger partial charge in [-0.1, -0.05) is 50.2 Å². The number of aryl methyl sites for hydroxylation is 3. The smallest absolute Gasteiger partial charge is 0.359 e. The SMILES string of the molecule is CCc1cccc(CC)c1-n1nc2c(c1-c1cccc3[nH]cc(F)c13)CN(Cc1ccc(C(F)(F)F)cc1C)C2(C)C. The van der Waals surface area contributed by atoms with Crippen molar-refractivity contribution in [2.45, 2.75) is 72.3 Å². The summed E-state index contributed by atoms with van der Waals surface area (Å²) in [4.78, 5) is 5.29. The van der Waals surface area contributed by atoms with E-state index in [1.807, 2.05) is 22.9 Å². The van der Waals surface area contributed by atoms with Crippen LogP contribution in [0.15, 0.2) is 60.8 Å². The lowest BCUT2D eigenvalue weighted by molar-refractivity contribution is -0.137. The summed E-state index contributed by atoms with van der Waals surface area (Å²) >= 11 is 0. The summed E-state index contributed by atoms with van der Waals surface area (Å²) in [5.74, 6) is -0.323. The van der Waals surface area contributed by atoms with Gasteiger partial charge in [-0.25, -0.2) is 9.07 Å². The van der Waals surface area contributed by atoms with Gasteiger partial charge in [0.15, 0.2) is 0 Å². The molecule has 218 valence electrons. The maximum atomic E-state index is 15.3. The van der Waals surface area contributed by atoms with Crippen LogP contribution < -0.4 is 0 Å². The standard InChI is InChI=1S/C34H34F4N4/c1-6-21-10-8-11-22(7-2)30(21)42-31(25-12-9-13-28-29(25)27(35)17-39-28)26-19-41(33(4,5)32(26)40-42)18-23-14-15-24(16-20(23)3)34(36,37)38/h8-17,39H,6-7,18-19H2,1-5H3. The summed E-state index contributed by atoms with van der Waals surface area (Å²) in [5, 5.41) is 5.80. The molecular formula is C34H34F4N4. The molecule has 0 amide bonds. The first kappa shape index (κ1) is 28.2. The van der Waals surface area contributed by atoms with Gasteiger partial charge in [0, 0.05) is 41.3 Å². The molecule has 1 aliphatic rings. The van der Waals surface area contributed by atoms with Crippen molar-refractivity contribution in [3.05, 3.63) is 106 Å². The third kappa shape index (κ3) is 4.44. The Hall–Kier alpha value is -3.91. The Morgan fingerprint density at radius 2 is 1.64 bits per heavy atom. The highest BCUT2D eigenvalue weighted by Gasteiger charge is 2.43. The van der Waals surface area contributed by atoms with Crippen LogP contribution in [-0.2, 0) is 37.6 Å². The fourth-order valence-corrected chi connectivity index (χ4v) is 6.40. The number of aromatic amines is 1. The predicted octanol–water partition coefficient (Wildman–Crippen LogP) is 8.86. The number of hydrogen-bond acceptors (Lipinski definition) is 2. The van der Waals surface area contributed by atoms with Crippen molar-refractivity contribution in [1.82, 2.24) is 19.7 Å². The molecule has 3 heterocycles. The molecule has 42 heavy (non-hydrogen) atoms. The number of aromatic nitrogens is 3. The van der Waals surface area contributed by atoms with E-state index in [2.05, 4.69) is 55.8 Å². The van der Waals surface area contributed by atoms with Crippen LogP contribution in [0.1, 0.15) is 66.8 Å². The number of rotatable bonds is 6. The van der Waals surface area contributed by atoms with Gasteiger partial charge in [-0.05, 0) is 74.1 Å². The minimum absolute atomic E-state index is 0.323. The van der Waals surface area contributed by atoms with E-state index < -0.39 is 17.3 Å². The first-order valence-corrected chi connectivity index (χ1v) is 14.4. The Morgan fingerprint density at radius 1 is 0.952 bits per heavy atom. The Bertz CT molecular complexity index is 1790. The van der Waals surface area contributed by atoms with Crippen molar-refractivity contribution in [1.29, 1.82) is 0 Å². The van der Waals surface area contributed by atoms with Gasteiger partial charge in [-0.15, -0.1) is 0 Å². The summed E-state index contributed by atoms with van der Waals surface area (Å²) in [6.07, 6.45) is -1.36. The second kappa shape index (κ2) is 10.1. The van der Waals surface area contributed by atoms with Gasteiger partial charge in [0.2, 0.25) is 0 Å². The molecule has 8 heteroatoms. The molecule has 0 radical (unpaired) electrons. The third-order valence-corrected chi connectivity index (χ3v) is 8.82. The van der Waals surface area contributed by atoms with Gasteiger partial charge in [-0.3, -0.25) is 4.90 Å². The molecule has 0 aliphatic carbocycles. The zero-order chi connectivity index (χ0) is 30.0. The van der Waals surface area contributed by atoms with Crippen LogP contribution in [0, 0.1) is 12.7 Å². The molecule has 0 atom stereocenters. The molecule has 0 saturated carbocycles. The Kier molecular flexibility index (Phi) is 6.80. The topological polar surface area (TPSA) is 36.9 Å². The summed E-state index contributed by atoms with van der Waals surface area (Å²) in [7, 11) is 0. The molecular weight excluding hydrogens is 540 g/mol. The maximum absolute atomic E-state index is 15.3. The average molecular weight is 575 g/mol. The van der Waals surface area contributed by atoms with Crippen molar-refractivity contribution in [3.63, 3.8) is 0 Å². The largest absolute Gasteiger partial charge is 0.416 e. The molecule has 1 aliphatic heterocycles. The molecule has 0 fully saturated rings. The molecule has 2 aromatic heterocycles. The molecule has 4 nitrogen and oxygen atoms in total. The zero-order valence-electron chi connectivity index (χ0n) is 24.5. The van der Waals surface area contributed by atoms with E-state index >= 15 is 4.39 Å². The maximum Gasteiger partial charge on any atom is 0.416 e. The van der Waals surface area contributed by atoms with Gasteiger partial charge in [-0.2, -0.15) is 18.3 Å². The van der Waals surface area contributed by atoms with Crippen molar-refractivity contribution in [2.75, 3.05) is 0 Å². The lowest BCUT2D eigenvalue weighted by Gasteiger charge is -2.32. The lowest BCUT2D eigenvalue weighted by atomic mass is 9.96. The number of benzene rings is 3.